The van der Waals surface area contributed by atoms with E-state index in [9.17, 15) is 13.2 Å². The number of nitrogens with zero attached hydrogens (tertiary/aromatic N) is 1. The number of ether oxygens (including phenoxy) is 1. The SMILES string of the molecule is CCOCCN(C)C(=O)c1cc(Cl)c(Cl)c(S(=O)(=O)Cl)c1. The van der Waals surface area contributed by atoms with Crippen molar-refractivity contribution in [2.24, 2.45) is 0 Å². The fourth-order valence-corrected chi connectivity index (χ4v) is 3.30. The third-order valence-corrected chi connectivity index (χ3v) is 4.89. The average molecular weight is 375 g/mol. The van der Waals surface area contributed by atoms with Gasteiger partial charge in [-0.05, 0) is 19.1 Å². The zero-order chi connectivity index (χ0) is 16.2. The highest BCUT2D eigenvalue weighted by Crippen LogP contribution is 2.33. The maximum Gasteiger partial charge on any atom is 0.262 e. The van der Waals surface area contributed by atoms with Crippen LogP contribution in [0.15, 0.2) is 17.0 Å². The third-order valence-electron chi connectivity index (χ3n) is 2.63. The van der Waals surface area contributed by atoms with Crippen LogP contribution in [0.25, 0.3) is 0 Å². The second-order valence-corrected chi connectivity index (χ2v) is 7.45. The van der Waals surface area contributed by atoms with Gasteiger partial charge in [0.1, 0.15) is 4.90 Å². The van der Waals surface area contributed by atoms with E-state index >= 15 is 0 Å². The molecule has 0 aliphatic heterocycles. The molecule has 0 aromatic heterocycles. The number of amides is 1. The van der Waals surface area contributed by atoms with Gasteiger partial charge in [0.25, 0.3) is 15.0 Å². The maximum atomic E-state index is 12.2. The van der Waals surface area contributed by atoms with E-state index in [2.05, 4.69) is 0 Å². The molecule has 0 bridgehead atoms. The molecule has 0 heterocycles. The Morgan fingerprint density at radius 3 is 2.48 bits per heavy atom. The van der Waals surface area contributed by atoms with Crippen LogP contribution in [0.3, 0.4) is 0 Å². The molecule has 0 unspecified atom stereocenters. The highest BCUT2D eigenvalue weighted by molar-refractivity contribution is 8.13. The summed E-state index contributed by atoms with van der Waals surface area (Å²) in [7, 11) is 2.75. The first kappa shape index (κ1) is 18.5. The van der Waals surface area contributed by atoms with Crippen molar-refractivity contribution in [1.82, 2.24) is 4.90 Å². The average Bonchev–Trinajstić information content (AvgIpc) is 2.39. The molecule has 1 amide bonds. The standard InChI is InChI=1S/C12H14Cl3NO4S/c1-3-20-5-4-16(2)12(17)8-6-9(13)11(14)10(7-8)21(15,18)19/h6-7H,3-5H2,1-2H3. The zero-order valence-corrected chi connectivity index (χ0v) is 14.5. The van der Waals surface area contributed by atoms with Crippen LogP contribution in [0.1, 0.15) is 17.3 Å². The van der Waals surface area contributed by atoms with Crippen molar-refractivity contribution in [2.75, 3.05) is 26.8 Å². The minimum atomic E-state index is -4.10. The van der Waals surface area contributed by atoms with E-state index in [1.165, 1.54) is 11.0 Å². The van der Waals surface area contributed by atoms with Gasteiger partial charge in [0.2, 0.25) is 0 Å². The Bertz CT molecular complexity index is 634. The number of rotatable bonds is 6. The quantitative estimate of drug-likeness (QED) is 0.567. The summed E-state index contributed by atoms with van der Waals surface area (Å²) in [6.45, 7) is 3.12. The Morgan fingerprint density at radius 2 is 1.95 bits per heavy atom. The fourth-order valence-electron chi connectivity index (χ4n) is 1.53. The van der Waals surface area contributed by atoms with Crippen molar-refractivity contribution in [1.29, 1.82) is 0 Å². The second kappa shape index (κ2) is 7.65. The predicted octanol–water partition coefficient (Wildman–Crippen LogP) is 3.03. The first-order valence-corrected chi connectivity index (χ1v) is 9.02. The first-order chi connectivity index (χ1) is 9.68. The van der Waals surface area contributed by atoms with Crippen LogP contribution in [-0.4, -0.2) is 46.0 Å². The maximum absolute atomic E-state index is 12.2. The van der Waals surface area contributed by atoms with Gasteiger partial charge in [0, 0.05) is 36.4 Å². The minimum Gasteiger partial charge on any atom is -0.380 e. The lowest BCUT2D eigenvalue weighted by atomic mass is 10.2. The molecule has 0 aliphatic rings. The van der Waals surface area contributed by atoms with Gasteiger partial charge in [-0.1, -0.05) is 23.2 Å². The summed E-state index contributed by atoms with van der Waals surface area (Å²) in [5.41, 5.74) is 0.0858. The molecule has 0 atom stereocenters. The summed E-state index contributed by atoms with van der Waals surface area (Å²) in [6.07, 6.45) is 0. The molecule has 1 rings (SSSR count). The topological polar surface area (TPSA) is 63.7 Å². The Balaban J connectivity index is 3.09. The van der Waals surface area contributed by atoms with Gasteiger partial charge in [0.15, 0.2) is 0 Å². The van der Waals surface area contributed by atoms with E-state index < -0.39 is 15.0 Å². The van der Waals surface area contributed by atoms with Gasteiger partial charge >= 0.3 is 0 Å². The van der Waals surface area contributed by atoms with Crippen LogP contribution >= 0.6 is 33.9 Å². The molecule has 5 nitrogen and oxygen atoms in total. The lowest BCUT2D eigenvalue weighted by Gasteiger charge is -2.17. The molecule has 0 saturated heterocycles. The third kappa shape index (κ3) is 5.00. The summed E-state index contributed by atoms with van der Waals surface area (Å²) in [5, 5.41) is -0.264. The highest BCUT2D eigenvalue weighted by atomic mass is 35.7. The van der Waals surface area contributed by atoms with E-state index in [1.807, 2.05) is 6.92 Å². The highest BCUT2D eigenvalue weighted by Gasteiger charge is 2.22. The predicted molar refractivity (Wildman–Crippen MR) is 83.0 cm³/mol. The normalized spacial score (nSPS) is 11.5. The summed E-state index contributed by atoms with van der Waals surface area (Å²) in [5.74, 6) is -0.408. The summed E-state index contributed by atoms with van der Waals surface area (Å²) < 4.78 is 28.0. The van der Waals surface area contributed by atoms with Gasteiger partial charge in [-0.3, -0.25) is 4.79 Å². The van der Waals surface area contributed by atoms with Crippen LogP contribution < -0.4 is 0 Å². The van der Waals surface area contributed by atoms with E-state index in [1.54, 1.807) is 7.05 Å². The van der Waals surface area contributed by atoms with Crippen LogP contribution in [-0.2, 0) is 13.8 Å². The zero-order valence-electron chi connectivity index (χ0n) is 11.4. The number of halogens is 3. The molecule has 9 heteroatoms. The van der Waals surface area contributed by atoms with E-state index in [-0.39, 0.29) is 20.5 Å². The number of benzene rings is 1. The van der Waals surface area contributed by atoms with E-state index in [0.717, 1.165) is 6.07 Å². The lowest BCUT2D eigenvalue weighted by Crippen LogP contribution is -2.30. The van der Waals surface area contributed by atoms with Crippen molar-refractivity contribution in [3.05, 3.63) is 27.7 Å². The van der Waals surface area contributed by atoms with Gasteiger partial charge in [-0.15, -0.1) is 0 Å². The Labute approximate surface area is 138 Å². The molecule has 1 aromatic carbocycles. The van der Waals surface area contributed by atoms with Crippen molar-refractivity contribution >= 4 is 48.8 Å². The summed E-state index contributed by atoms with van der Waals surface area (Å²) >= 11 is 11.6. The molecule has 1 aromatic rings. The Morgan fingerprint density at radius 1 is 1.33 bits per heavy atom. The number of carbonyl (C=O) groups excluding carboxylic acids is 1. The molecule has 0 fully saturated rings. The molecule has 0 N–H and O–H groups in total. The molecular weight excluding hydrogens is 361 g/mol. The minimum absolute atomic E-state index is 0.0556. The summed E-state index contributed by atoms with van der Waals surface area (Å²) in [6, 6.07) is 2.41. The van der Waals surface area contributed by atoms with Gasteiger partial charge in [0.05, 0.1) is 16.7 Å². The molecule has 0 aliphatic carbocycles. The first-order valence-electron chi connectivity index (χ1n) is 5.95. The van der Waals surface area contributed by atoms with Crippen molar-refractivity contribution < 1.29 is 17.9 Å². The molecule has 0 spiro atoms. The van der Waals surface area contributed by atoms with Crippen molar-refractivity contribution in [3.8, 4) is 0 Å². The number of carbonyl (C=O) groups is 1. The summed E-state index contributed by atoms with van der Waals surface area (Å²) in [4.78, 5) is 13.2. The van der Waals surface area contributed by atoms with Crippen LogP contribution in [0.2, 0.25) is 10.0 Å². The molecule has 118 valence electrons. The monoisotopic (exact) mass is 373 g/mol. The van der Waals surface area contributed by atoms with Gasteiger partial charge in [-0.2, -0.15) is 0 Å². The van der Waals surface area contributed by atoms with E-state index in [4.69, 9.17) is 38.6 Å². The van der Waals surface area contributed by atoms with Crippen LogP contribution in [0.5, 0.6) is 0 Å². The molecule has 0 saturated carbocycles. The molecule has 0 radical (unpaired) electrons. The number of hydrogen-bond acceptors (Lipinski definition) is 4. The number of hydrogen-bond donors (Lipinski definition) is 0. The van der Waals surface area contributed by atoms with Crippen LogP contribution in [0.4, 0.5) is 0 Å². The van der Waals surface area contributed by atoms with Crippen LogP contribution in [0, 0.1) is 0 Å². The molecule has 21 heavy (non-hydrogen) atoms. The van der Waals surface area contributed by atoms with Crippen molar-refractivity contribution in [3.63, 3.8) is 0 Å². The number of likely N-dealkylation sites (N-methyl/N-ethyl adjacent to an activating group) is 1. The van der Waals surface area contributed by atoms with Gasteiger partial charge < -0.3 is 9.64 Å². The van der Waals surface area contributed by atoms with E-state index in [0.29, 0.717) is 19.8 Å². The van der Waals surface area contributed by atoms with Crippen molar-refractivity contribution in [2.45, 2.75) is 11.8 Å². The largest absolute Gasteiger partial charge is 0.380 e. The smallest absolute Gasteiger partial charge is 0.262 e. The molecular formula is C12H14Cl3NO4S. The lowest BCUT2D eigenvalue weighted by molar-refractivity contribution is 0.0709. The Kier molecular flexibility index (Phi) is 6.74. The second-order valence-electron chi connectivity index (χ2n) is 4.13. The van der Waals surface area contributed by atoms with Gasteiger partial charge in [-0.25, -0.2) is 8.42 Å². The Hall–Kier alpha value is -0.530. The fraction of sp³-hybridized carbons (Fsp3) is 0.417.